The quantitative estimate of drug-likeness (QED) is 0.697. The molecule has 112 valence electrons. The maximum Gasteiger partial charge on any atom is 0.335 e. The van der Waals surface area contributed by atoms with Crippen LogP contribution in [0.15, 0.2) is 23.1 Å². The molecule has 0 aromatic heterocycles. The molecule has 6 nitrogen and oxygen atoms in total. The zero-order valence-electron chi connectivity index (χ0n) is 11.5. The molecule has 7 heteroatoms. The molecule has 0 heterocycles. The van der Waals surface area contributed by atoms with Crippen LogP contribution in [0.3, 0.4) is 0 Å². The molecule has 0 saturated carbocycles. The molecule has 3 N–H and O–H groups in total. The SMILES string of the molecule is Cc1ccc(C(=O)O)cc1S(=O)(=O)NCC(C)CCO. The molecule has 1 aromatic rings. The summed E-state index contributed by atoms with van der Waals surface area (Å²) in [5, 5.41) is 17.7. The predicted octanol–water partition coefficient (Wildman–Crippen LogP) is 0.990. The van der Waals surface area contributed by atoms with Gasteiger partial charge in [-0.2, -0.15) is 0 Å². The minimum atomic E-state index is -3.76. The molecule has 0 bridgehead atoms. The molecule has 0 amide bonds. The zero-order chi connectivity index (χ0) is 15.3. The van der Waals surface area contributed by atoms with Gasteiger partial charge in [-0.25, -0.2) is 17.9 Å². The minimum absolute atomic E-state index is 0.00209. The molecule has 0 spiro atoms. The van der Waals surface area contributed by atoms with Crippen molar-refractivity contribution in [2.75, 3.05) is 13.2 Å². The fraction of sp³-hybridized carbons (Fsp3) is 0.462. The van der Waals surface area contributed by atoms with E-state index in [0.717, 1.165) is 6.07 Å². The van der Waals surface area contributed by atoms with E-state index in [1.165, 1.54) is 12.1 Å². The highest BCUT2D eigenvalue weighted by molar-refractivity contribution is 7.89. The highest BCUT2D eigenvalue weighted by atomic mass is 32.2. The fourth-order valence-electron chi connectivity index (χ4n) is 1.67. The molecule has 1 unspecified atom stereocenters. The molecule has 0 aliphatic heterocycles. The molecular weight excluding hydrogens is 282 g/mol. The number of sulfonamides is 1. The predicted molar refractivity (Wildman–Crippen MR) is 74.2 cm³/mol. The van der Waals surface area contributed by atoms with E-state index in [-0.39, 0.29) is 29.5 Å². The lowest BCUT2D eigenvalue weighted by molar-refractivity contribution is 0.0696. The van der Waals surface area contributed by atoms with Crippen molar-refractivity contribution in [3.05, 3.63) is 29.3 Å². The lowest BCUT2D eigenvalue weighted by Gasteiger charge is -2.13. The summed E-state index contributed by atoms with van der Waals surface area (Å²) >= 11 is 0. The van der Waals surface area contributed by atoms with Gasteiger partial charge < -0.3 is 10.2 Å². The van der Waals surface area contributed by atoms with Gasteiger partial charge in [0.1, 0.15) is 0 Å². The van der Waals surface area contributed by atoms with Crippen LogP contribution in [0.4, 0.5) is 0 Å². The lowest BCUT2D eigenvalue weighted by atomic mass is 10.1. The van der Waals surface area contributed by atoms with Crippen LogP contribution in [0.2, 0.25) is 0 Å². The van der Waals surface area contributed by atoms with Crippen LogP contribution in [0.1, 0.15) is 29.3 Å². The highest BCUT2D eigenvalue weighted by Crippen LogP contribution is 2.17. The Morgan fingerprint density at radius 2 is 2.05 bits per heavy atom. The average molecular weight is 301 g/mol. The Hall–Kier alpha value is -1.44. The number of aromatic carboxylic acids is 1. The van der Waals surface area contributed by atoms with Crippen molar-refractivity contribution in [3.8, 4) is 0 Å². The van der Waals surface area contributed by atoms with Crippen LogP contribution in [0, 0.1) is 12.8 Å². The van der Waals surface area contributed by atoms with Gasteiger partial charge in [0, 0.05) is 13.2 Å². The summed E-state index contributed by atoms with van der Waals surface area (Å²) in [5.41, 5.74) is 0.414. The summed E-state index contributed by atoms with van der Waals surface area (Å²) in [5.74, 6) is -1.17. The first-order valence-corrected chi connectivity index (χ1v) is 7.70. The van der Waals surface area contributed by atoms with E-state index in [2.05, 4.69) is 4.72 Å². The van der Waals surface area contributed by atoms with Gasteiger partial charge in [-0.15, -0.1) is 0 Å². The normalized spacial score (nSPS) is 13.2. The van der Waals surface area contributed by atoms with Crippen molar-refractivity contribution in [2.45, 2.75) is 25.2 Å². The second kappa shape index (κ2) is 6.83. The number of aliphatic hydroxyl groups is 1. The molecule has 0 aliphatic carbocycles. The summed E-state index contributed by atoms with van der Waals surface area (Å²) in [6, 6.07) is 3.98. The van der Waals surface area contributed by atoms with Gasteiger partial charge in [0.05, 0.1) is 10.5 Å². The Morgan fingerprint density at radius 1 is 1.40 bits per heavy atom. The number of aryl methyl sites for hydroxylation is 1. The average Bonchev–Trinajstić information content (AvgIpc) is 2.37. The number of aliphatic hydroxyl groups excluding tert-OH is 1. The lowest BCUT2D eigenvalue weighted by Crippen LogP contribution is -2.29. The maximum atomic E-state index is 12.2. The Bertz CT molecular complexity index is 582. The smallest absolute Gasteiger partial charge is 0.335 e. The topological polar surface area (TPSA) is 104 Å². The first-order chi connectivity index (χ1) is 9.27. The molecular formula is C13H19NO5S. The Kier molecular flexibility index (Phi) is 5.67. The molecule has 0 aliphatic rings. The second-order valence-corrected chi connectivity index (χ2v) is 6.49. The van der Waals surface area contributed by atoms with E-state index in [1.54, 1.807) is 6.92 Å². The Labute approximate surface area is 118 Å². The van der Waals surface area contributed by atoms with E-state index < -0.39 is 16.0 Å². The van der Waals surface area contributed by atoms with Gasteiger partial charge in [-0.3, -0.25) is 0 Å². The monoisotopic (exact) mass is 301 g/mol. The van der Waals surface area contributed by atoms with Crippen LogP contribution >= 0.6 is 0 Å². The van der Waals surface area contributed by atoms with Gasteiger partial charge in [-0.05, 0) is 37.0 Å². The molecule has 1 atom stereocenters. The number of carboxylic acid groups (broad SMARTS) is 1. The molecule has 0 saturated heterocycles. The molecule has 0 radical (unpaired) electrons. The van der Waals surface area contributed by atoms with Gasteiger partial charge in [0.15, 0.2) is 0 Å². The summed E-state index contributed by atoms with van der Waals surface area (Å²) in [6.45, 7) is 3.62. The Morgan fingerprint density at radius 3 is 2.60 bits per heavy atom. The standard InChI is InChI=1S/C13H19NO5S/c1-9(5-6-15)8-14-20(18,19)12-7-11(13(16)17)4-3-10(12)2/h3-4,7,9,14-15H,5-6,8H2,1-2H3,(H,16,17). The number of hydrogen-bond acceptors (Lipinski definition) is 4. The van der Waals surface area contributed by atoms with E-state index in [1.807, 2.05) is 6.92 Å². The summed E-state index contributed by atoms with van der Waals surface area (Å²) < 4.78 is 26.8. The largest absolute Gasteiger partial charge is 0.478 e. The third-order valence-corrected chi connectivity index (χ3v) is 4.53. The number of carbonyl (C=O) groups is 1. The fourth-order valence-corrected chi connectivity index (χ4v) is 3.11. The number of hydrogen-bond donors (Lipinski definition) is 3. The van der Waals surface area contributed by atoms with Crippen molar-refractivity contribution in [1.29, 1.82) is 0 Å². The molecule has 0 fully saturated rings. The van der Waals surface area contributed by atoms with Gasteiger partial charge in [0.2, 0.25) is 10.0 Å². The minimum Gasteiger partial charge on any atom is -0.478 e. The third-order valence-electron chi connectivity index (χ3n) is 2.97. The second-order valence-electron chi connectivity index (χ2n) is 4.75. The summed E-state index contributed by atoms with van der Waals surface area (Å²) in [6.07, 6.45) is 0.497. The van der Waals surface area contributed by atoms with E-state index in [9.17, 15) is 13.2 Å². The van der Waals surface area contributed by atoms with E-state index in [4.69, 9.17) is 10.2 Å². The maximum absolute atomic E-state index is 12.2. The Balaban J connectivity index is 2.97. The molecule has 20 heavy (non-hydrogen) atoms. The first kappa shape index (κ1) is 16.6. The van der Waals surface area contributed by atoms with Crippen LogP contribution in [-0.2, 0) is 10.0 Å². The van der Waals surface area contributed by atoms with Crippen molar-refractivity contribution in [3.63, 3.8) is 0 Å². The van der Waals surface area contributed by atoms with Gasteiger partial charge >= 0.3 is 5.97 Å². The number of benzene rings is 1. The summed E-state index contributed by atoms with van der Waals surface area (Å²) in [4.78, 5) is 10.9. The van der Waals surface area contributed by atoms with Crippen molar-refractivity contribution in [2.24, 2.45) is 5.92 Å². The first-order valence-electron chi connectivity index (χ1n) is 6.22. The van der Waals surface area contributed by atoms with Gasteiger partial charge in [-0.1, -0.05) is 13.0 Å². The van der Waals surface area contributed by atoms with Crippen molar-refractivity contribution < 1.29 is 23.4 Å². The van der Waals surface area contributed by atoms with E-state index >= 15 is 0 Å². The van der Waals surface area contributed by atoms with Crippen molar-refractivity contribution in [1.82, 2.24) is 4.72 Å². The van der Waals surface area contributed by atoms with Crippen LogP contribution in [0.25, 0.3) is 0 Å². The van der Waals surface area contributed by atoms with Crippen LogP contribution in [-0.4, -0.2) is 37.8 Å². The van der Waals surface area contributed by atoms with Gasteiger partial charge in [0.25, 0.3) is 0 Å². The van der Waals surface area contributed by atoms with Crippen molar-refractivity contribution >= 4 is 16.0 Å². The summed E-state index contributed by atoms with van der Waals surface area (Å²) in [7, 11) is -3.76. The number of carboxylic acids is 1. The number of nitrogens with one attached hydrogen (secondary N) is 1. The van der Waals surface area contributed by atoms with E-state index in [0.29, 0.717) is 12.0 Å². The van der Waals surface area contributed by atoms with Crippen LogP contribution in [0.5, 0.6) is 0 Å². The highest BCUT2D eigenvalue weighted by Gasteiger charge is 2.19. The third kappa shape index (κ3) is 4.29. The molecule has 1 rings (SSSR count). The van der Waals surface area contributed by atoms with Crippen LogP contribution < -0.4 is 4.72 Å². The number of rotatable bonds is 7. The molecule has 1 aromatic carbocycles. The zero-order valence-corrected chi connectivity index (χ0v) is 12.3.